The molecule has 1 aromatic carbocycles. The van der Waals surface area contributed by atoms with E-state index in [1.165, 1.54) is 0 Å². The highest BCUT2D eigenvalue weighted by atomic mass is 19.4. The molecule has 0 radical (unpaired) electrons. The molecule has 0 atom stereocenters. The fourth-order valence-electron chi connectivity index (χ4n) is 4.21. The summed E-state index contributed by atoms with van der Waals surface area (Å²) in [6, 6.07) is 8.07. The molecule has 0 aliphatic carbocycles. The van der Waals surface area contributed by atoms with E-state index in [1.807, 2.05) is 27.7 Å². The van der Waals surface area contributed by atoms with Gasteiger partial charge < -0.3 is 20.7 Å². The van der Waals surface area contributed by atoms with Crippen LogP contribution >= 0.6 is 0 Å². The van der Waals surface area contributed by atoms with E-state index in [-0.39, 0.29) is 17.2 Å². The summed E-state index contributed by atoms with van der Waals surface area (Å²) in [4.78, 5) is 27.5. The summed E-state index contributed by atoms with van der Waals surface area (Å²) in [6.07, 6.45) is 10.5. The van der Waals surface area contributed by atoms with E-state index in [4.69, 9.17) is 15.5 Å². The molecule has 2 aliphatic heterocycles. The molecule has 0 spiro atoms. The molecule has 3 aromatic heterocycles. The molecule has 0 saturated carbocycles. The van der Waals surface area contributed by atoms with Crippen LogP contribution < -0.4 is 11.1 Å². The van der Waals surface area contributed by atoms with Crippen LogP contribution in [0.5, 0.6) is 0 Å². The maximum absolute atomic E-state index is 13.0. The van der Waals surface area contributed by atoms with Crippen molar-refractivity contribution >= 4 is 28.6 Å². The molecule has 0 fully saturated rings. The van der Waals surface area contributed by atoms with Gasteiger partial charge in [-0.15, -0.1) is 0 Å². The number of alkyl halides is 3. The van der Waals surface area contributed by atoms with E-state index in [9.17, 15) is 18.0 Å². The van der Waals surface area contributed by atoms with Gasteiger partial charge in [-0.1, -0.05) is 12.1 Å². The minimum absolute atomic E-state index is 0.204. The predicted octanol–water partition coefficient (Wildman–Crippen LogP) is 5.20. The monoisotopic (exact) mass is 529 g/mol. The first-order valence-electron chi connectivity index (χ1n) is 11.6. The molecule has 1 amide bonds. The minimum Gasteiger partial charge on any atom is -0.469 e. The lowest BCUT2D eigenvalue weighted by atomic mass is 10.1. The summed E-state index contributed by atoms with van der Waals surface area (Å²) in [6.45, 7) is 0. The van der Waals surface area contributed by atoms with Crippen LogP contribution in [0.2, 0.25) is 0 Å². The molecule has 39 heavy (non-hydrogen) atoms. The van der Waals surface area contributed by atoms with Crippen molar-refractivity contribution in [2.75, 3.05) is 11.1 Å². The number of nitrogens with two attached hydrogens (primary N) is 1. The number of carbonyl (C=O) groups is 1. The van der Waals surface area contributed by atoms with Crippen molar-refractivity contribution < 1.29 is 22.7 Å². The number of fused-ring (bicyclic) bond motifs is 2. The Labute approximate surface area is 219 Å². The second-order valence-corrected chi connectivity index (χ2v) is 8.56. The van der Waals surface area contributed by atoms with Gasteiger partial charge in [0.2, 0.25) is 0 Å². The number of allylic oxidation sites excluding steroid dienone is 3. The fraction of sp³-hybridized carbons (Fsp3) is 0.0370. The Morgan fingerprint density at radius 2 is 1.87 bits per heavy atom. The number of pyridine rings is 1. The summed E-state index contributed by atoms with van der Waals surface area (Å²) in [5.74, 6) is 0.0898. The number of nitrogens with zero attached hydrogens (tertiary/aromatic N) is 5. The minimum atomic E-state index is -4.55. The third-order valence-electron chi connectivity index (χ3n) is 6.09. The van der Waals surface area contributed by atoms with E-state index < -0.39 is 17.6 Å². The Morgan fingerprint density at radius 3 is 2.67 bits per heavy atom. The zero-order valence-corrected chi connectivity index (χ0v) is 19.9. The number of halogens is 3. The Kier molecular flexibility index (Phi) is 5.64. The molecule has 194 valence electrons. The second kappa shape index (κ2) is 9.17. The standard InChI is InChI=1S/C27H18F3N7O2/c28-27(29,30)19-7-8-32-21(13-19)34-26(38)17-3-1-16(2-4-17)22-23-24(31)33-9-10-37(23)25(35-22)18-5-6-20-15-39-12-11-36(20)14-18/h1-15H,(H2,31,33)(H,32,34,38). The topological polar surface area (TPSA) is 111 Å². The molecule has 0 unspecified atom stereocenters. The first-order chi connectivity index (χ1) is 18.8. The lowest BCUT2D eigenvalue weighted by molar-refractivity contribution is -0.137. The Bertz CT molecular complexity index is 1730. The lowest BCUT2D eigenvalue weighted by Crippen LogP contribution is -2.14. The molecule has 9 nitrogen and oxygen atoms in total. The number of aromatic nitrogens is 4. The number of amides is 1. The van der Waals surface area contributed by atoms with Crippen molar-refractivity contribution in [2.24, 2.45) is 0 Å². The summed E-state index contributed by atoms with van der Waals surface area (Å²) in [7, 11) is 0. The van der Waals surface area contributed by atoms with Crippen LogP contribution in [0.1, 0.15) is 21.7 Å². The van der Waals surface area contributed by atoms with Gasteiger partial charge in [-0.3, -0.25) is 9.20 Å². The van der Waals surface area contributed by atoms with E-state index in [0.717, 1.165) is 29.6 Å². The average Bonchev–Trinajstić information content (AvgIpc) is 3.33. The number of nitrogen functional groups attached to an aromatic ring is 1. The Morgan fingerprint density at radius 1 is 1.05 bits per heavy atom. The number of ether oxygens (including phenoxy) is 1. The van der Waals surface area contributed by atoms with Gasteiger partial charge >= 0.3 is 6.18 Å². The number of rotatable bonds is 4. The molecule has 3 N–H and O–H groups in total. The summed E-state index contributed by atoms with van der Waals surface area (Å²) in [5.41, 5.74) is 9.04. The summed E-state index contributed by atoms with van der Waals surface area (Å²) < 4.78 is 46.0. The average molecular weight is 529 g/mol. The normalized spacial score (nSPS) is 14.5. The second-order valence-electron chi connectivity index (χ2n) is 8.56. The van der Waals surface area contributed by atoms with Crippen molar-refractivity contribution in [3.05, 3.63) is 115 Å². The SMILES string of the molecule is Nc1nccn2c(C3=CN4C=COC=C4C=C3)nc(-c3ccc(C(=O)Nc4cc(C(F)(F)F)ccn4)cc3)c12. The van der Waals surface area contributed by atoms with Crippen molar-refractivity contribution in [1.29, 1.82) is 0 Å². The molecular weight excluding hydrogens is 511 g/mol. The molecule has 0 bridgehead atoms. The van der Waals surface area contributed by atoms with E-state index in [1.54, 1.807) is 55.4 Å². The summed E-state index contributed by atoms with van der Waals surface area (Å²) in [5, 5.41) is 2.40. The van der Waals surface area contributed by atoms with Gasteiger partial charge in [0.05, 0.1) is 11.3 Å². The van der Waals surface area contributed by atoms with Gasteiger partial charge in [-0.2, -0.15) is 13.2 Å². The molecule has 2 aliphatic rings. The highest BCUT2D eigenvalue weighted by Crippen LogP contribution is 2.33. The summed E-state index contributed by atoms with van der Waals surface area (Å²) >= 11 is 0. The third kappa shape index (κ3) is 4.48. The maximum atomic E-state index is 13.0. The van der Waals surface area contributed by atoms with Crippen LogP contribution in [0.25, 0.3) is 22.3 Å². The van der Waals surface area contributed by atoms with E-state index in [0.29, 0.717) is 22.6 Å². The molecule has 4 aromatic rings. The van der Waals surface area contributed by atoms with Crippen molar-refractivity contribution in [1.82, 2.24) is 24.3 Å². The smallest absolute Gasteiger partial charge is 0.416 e. The molecule has 6 rings (SSSR count). The van der Waals surface area contributed by atoms with Crippen molar-refractivity contribution in [2.45, 2.75) is 6.18 Å². The maximum Gasteiger partial charge on any atom is 0.416 e. The van der Waals surface area contributed by atoms with E-state index >= 15 is 0 Å². The number of hydrogen-bond donors (Lipinski definition) is 2. The molecule has 12 heteroatoms. The fourth-order valence-corrected chi connectivity index (χ4v) is 4.21. The zero-order valence-electron chi connectivity index (χ0n) is 19.9. The zero-order chi connectivity index (χ0) is 27.1. The van der Waals surface area contributed by atoms with Crippen molar-refractivity contribution in [3.63, 3.8) is 0 Å². The Hall–Kier alpha value is -5.39. The number of hydrogen-bond acceptors (Lipinski definition) is 7. The van der Waals surface area contributed by atoms with Gasteiger partial charge in [0.1, 0.15) is 41.2 Å². The number of nitrogens with one attached hydrogen (secondary N) is 1. The number of benzene rings is 1. The third-order valence-corrected chi connectivity index (χ3v) is 6.09. The highest BCUT2D eigenvalue weighted by Gasteiger charge is 2.31. The number of carbonyl (C=O) groups excluding carboxylic acids is 1. The van der Waals surface area contributed by atoms with Gasteiger partial charge in [0.15, 0.2) is 0 Å². The predicted molar refractivity (Wildman–Crippen MR) is 137 cm³/mol. The van der Waals surface area contributed by atoms with Gasteiger partial charge in [0, 0.05) is 47.7 Å². The van der Waals surface area contributed by atoms with Crippen LogP contribution in [0, 0.1) is 0 Å². The number of imidazole rings is 1. The van der Waals surface area contributed by atoms with Gasteiger partial charge in [-0.25, -0.2) is 15.0 Å². The molecular formula is C27H18F3N7O2. The van der Waals surface area contributed by atoms with E-state index in [2.05, 4.69) is 15.3 Å². The van der Waals surface area contributed by atoms with Crippen LogP contribution in [0.4, 0.5) is 24.8 Å². The largest absolute Gasteiger partial charge is 0.469 e. The number of anilines is 2. The first-order valence-corrected chi connectivity index (χ1v) is 11.6. The quantitative estimate of drug-likeness (QED) is 0.374. The first kappa shape index (κ1) is 24.0. The Balaban J connectivity index is 1.32. The van der Waals surface area contributed by atoms with Crippen molar-refractivity contribution in [3.8, 4) is 11.3 Å². The lowest BCUT2D eigenvalue weighted by Gasteiger charge is -2.23. The van der Waals surface area contributed by atoms with Gasteiger partial charge in [-0.05, 0) is 36.4 Å². The van der Waals surface area contributed by atoms with Crippen LogP contribution in [-0.2, 0) is 10.9 Å². The van der Waals surface area contributed by atoms with Gasteiger partial charge in [0.25, 0.3) is 5.91 Å². The van der Waals surface area contributed by atoms with Crippen LogP contribution in [0.15, 0.2) is 97.8 Å². The molecule has 0 saturated heterocycles. The molecule has 5 heterocycles. The van der Waals surface area contributed by atoms with Crippen LogP contribution in [-0.4, -0.2) is 30.2 Å². The highest BCUT2D eigenvalue weighted by molar-refractivity contribution is 6.04. The van der Waals surface area contributed by atoms with Crippen LogP contribution in [0.3, 0.4) is 0 Å².